The lowest BCUT2D eigenvalue weighted by atomic mass is 10.0. The predicted octanol–water partition coefficient (Wildman–Crippen LogP) is 3.76. The molecule has 0 spiro atoms. The SMILES string of the molecule is C[C@H](c1ccccn1)N1[C@@H]2CC[C@H]1[C@@H]1CCC2N1C(=O)OC(C)(C)C. The summed E-state index contributed by atoms with van der Waals surface area (Å²) in [5.74, 6) is 0. The molecule has 136 valence electrons. The Kier molecular flexibility index (Phi) is 4.02. The van der Waals surface area contributed by atoms with Crippen LogP contribution >= 0.6 is 0 Å². The number of nitrogens with zero attached hydrogens (tertiary/aromatic N) is 3. The number of fused-ring (bicyclic) bond motifs is 6. The van der Waals surface area contributed by atoms with Gasteiger partial charge in [0, 0.05) is 24.3 Å². The molecule has 5 atom stereocenters. The van der Waals surface area contributed by atoms with E-state index >= 15 is 0 Å². The molecular formula is C20H29N3O2. The van der Waals surface area contributed by atoms with E-state index in [-0.39, 0.29) is 18.2 Å². The van der Waals surface area contributed by atoms with Crippen molar-refractivity contribution >= 4 is 6.09 Å². The van der Waals surface area contributed by atoms with Crippen molar-refractivity contribution in [2.45, 2.75) is 89.2 Å². The molecule has 1 aromatic heterocycles. The standard InChI is InChI=1S/C20H29N3O2/c1-13(14-7-5-6-12-21-14)22-15-8-9-16(22)18-11-10-17(15)23(18)19(24)25-20(2,3)4/h5-7,12-13,15-18H,8-11H2,1-4H3/t13-,15-,16+,17?,18+/m1/s1. The summed E-state index contributed by atoms with van der Waals surface area (Å²) in [5.41, 5.74) is 0.693. The van der Waals surface area contributed by atoms with Gasteiger partial charge in [-0.25, -0.2) is 4.79 Å². The molecule has 25 heavy (non-hydrogen) atoms. The van der Waals surface area contributed by atoms with Crippen LogP contribution in [-0.4, -0.2) is 50.6 Å². The van der Waals surface area contributed by atoms with E-state index in [1.807, 2.05) is 33.0 Å². The second-order valence-electron chi connectivity index (χ2n) is 8.69. The third-order valence-electron chi connectivity index (χ3n) is 6.05. The number of pyridine rings is 1. The van der Waals surface area contributed by atoms with E-state index in [0.29, 0.717) is 18.1 Å². The molecule has 3 aliphatic rings. The largest absolute Gasteiger partial charge is 0.444 e. The maximum atomic E-state index is 12.8. The fourth-order valence-electron chi connectivity index (χ4n) is 5.22. The fourth-order valence-corrected chi connectivity index (χ4v) is 5.22. The van der Waals surface area contributed by atoms with Crippen LogP contribution in [0.1, 0.15) is 65.1 Å². The van der Waals surface area contributed by atoms with Crippen molar-refractivity contribution in [2.75, 3.05) is 0 Å². The number of piperazine rings is 1. The van der Waals surface area contributed by atoms with E-state index < -0.39 is 5.60 Å². The molecule has 5 heteroatoms. The van der Waals surface area contributed by atoms with Crippen molar-refractivity contribution in [3.63, 3.8) is 0 Å². The lowest BCUT2D eigenvalue weighted by Crippen LogP contribution is -2.62. The van der Waals surface area contributed by atoms with Gasteiger partial charge in [-0.15, -0.1) is 0 Å². The summed E-state index contributed by atoms with van der Waals surface area (Å²) in [6.45, 7) is 8.10. The molecule has 0 saturated carbocycles. The Balaban J connectivity index is 1.58. The molecule has 4 heterocycles. The van der Waals surface area contributed by atoms with Gasteiger partial charge < -0.3 is 4.74 Å². The molecule has 1 unspecified atom stereocenters. The van der Waals surface area contributed by atoms with Crippen molar-refractivity contribution < 1.29 is 9.53 Å². The molecule has 0 N–H and O–H groups in total. The number of ether oxygens (including phenoxy) is 1. The first kappa shape index (κ1) is 16.8. The minimum atomic E-state index is -0.437. The summed E-state index contributed by atoms with van der Waals surface area (Å²) in [6.07, 6.45) is 6.28. The van der Waals surface area contributed by atoms with Gasteiger partial charge in [-0.05, 0) is 65.5 Å². The lowest BCUT2D eigenvalue weighted by molar-refractivity contribution is -0.0373. The van der Waals surface area contributed by atoms with Gasteiger partial charge >= 0.3 is 6.09 Å². The van der Waals surface area contributed by atoms with Gasteiger partial charge in [0.05, 0.1) is 17.8 Å². The molecule has 4 bridgehead atoms. The van der Waals surface area contributed by atoms with Crippen LogP contribution in [0.25, 0.3) is 0 Å². The summed E-state index contributed by atoms with van der Waals surface area (Å²) in [6, 6.07) is 7.85. The smallest absolute Gasteiger partial charge is 0.410 e. The molecule has 3 aliphatic heterocycles. The highest BCUT2D eigenvalue weighted by Crippen LogP contribution is 2.49. The molecule has 0 aliphatic carbocycles. The molecular weight excluding hydrogens is 314 g/mol. The van der Waals surface area contributed by atoms with E-state index in [1.165, 1.54) is 12.8 Å². The zero-order chi connectivity index (χ0) is 17.8. The summed E-state index contributed by atoms with van der Waals surface area (Å²) in [7, 11) is 0. The summed E-state index contributed by atoms with van der Waals surface area (Å²) in [5, 5.41) is 0. The van der Waals surface area contributed by atoms with Crippen LogP contribution in [0.15, 0.2) is 24.4 Å². The maximum Gasteiger partial charge on any atom is 0.410 e. The highest BCUT2D eigenvalue weighted by Gasteiger charge is 2.58. The first-order valence-corrected chi connectivity index (χ1v) is 9.56. The minimum Gasteiger partial charge on any atom is -0.444 e. The number of carbonyl (C=O) groups excluding carboxylic acids is 1. The van der Waals surface area contributed by atoms with Crippen molar-refractivity contribution in [3.8, 4) is 0 Å². The van der Waals surface area contributed by atoms with Gasteiger partial charge in [0.15, 0.2) is 0 Å². The first-order valence-electron chi connectivity index (χ1n) is 9.56. The van der Waals surface area contributed by atoms with Crippen LogP contribution < -0.4 is 0 Å². The van der Waals surface area contributed by atoms with E-state index in [4.69, 9.17) is 4.74 Å². The fraction of sp³-hybridized carbons (Fsp3) is 0.700. The Morgan fingerprint density at radius 1 is 1.12 bits per heavy atom. The number of hydrogen-bond donors (Lipinski definition) is 0. The van der Waals surface area contributed by atoms with Crippen molar-refractivity contribution in [2.24, 2.45) is 0 Å². The topological polar surface area (TPSA) is 45.7 Å². The van der Waals surface area contributed by atoms with E-state index in [2.05, 4.69) is 33.8 Å². The van der Waals surface area contributed by atoms with Crippen molar-refractivity contribution in [1.29, 1.82) is 0 Å². The molecule has 1 aromatic rings. The van der Waals surface area contributed by atoms with Gasteiger partial charge in [-0.2, -0.15) is 0 Å². The predicted molar refractivity (Wildman–Crippen MR) is 96.2 cm³/mol. The molecule has 5 nitrogen and oxygen atoms in total. The highest BCUT2D eigenvalue weighted by atomic mass is 16.6. The number of rotatable bonds is 2. The van der Waals surface area contributed by atoms with Crippen molar-refractivity contribution in [1.82, 2.24) is 14.8 Å². The Morgan fingerprint density at radius 3 is 2.24 bits per heavy atom. The van der Waals surface area contributed by atoms with Crippen LogP contribution in [-0.2, 0) is 4.74 Å². The van der Waals surface area contributed by atoms with Crippen LogP contribution in [0.2, 0.25) is 0 Å². The summed E-state index contributed by atoms with van der Waals surface area (Å²) >= 11 is 0. The van der Waals surface area contributed by atoms with E-state index in [9.17, 15) is 4.79 Å². The Morgan fingerprint density at radius 2 is 1.72 bits per heavy atom. The third kappa shape index (κ3) is 2.82. The van der Waals surface area contributed by atoms with Crippen LogP contribution in [0, 0.1) is 0 Å². The molecule has 0 radical (unpaired) electrons. The minimum absolute atomic E-state index is 0.123. The quantitative estimate of drug-likeness (QED) is 0.820. The second-order valence-corrected chi connectivity index (χ2v) is 8.69. The van der Waals surface area contributed by atoms with Gasteiger partial charge in [-0.1, -0.05) is 6.07 Å². The zero-order valence-electron chi connectivity index (χ0n) is 15.7. The molecule has 4 rings (SSSR count). The summed E-state index contributed by atoms with van der Waals surface area (Å²) < 4.78 is 5.72. The molecule has 3 fully saturated rings. The third-order valence-corrected chi connectivity index (χ3v) is 6.05. The summed E-state index contributed by atoms with van der Waals surface area (Å²) in [4.78, 5) is 22.1. The second kappa shape index (κ2) is 5.97. The first-order chi connectivity index (χ1) is 11.9. The monoisotopic (exact) mass is 343 g/mol. The van der Waals surface area contributed by atoms with Gasteiger partial charge in [0.1, 0.15) is 5.60 Å². The van der Waals surface area contributed by atoms with Crippen LogP contribution in [0.4, 0.5) is 4.79 Å². The molecule has 0 aromatic carbocycles. The van der Waals surface area contributed by atoms with Gasteiger partial charge in [0.25, 0.3) is 0 Å². The normalized spacial score (nSPS) is 32.7. The van der Waals surface area contributed by atoms with E-state index in [0.717, 1.165) is 18.5 Å². The van der Waals surface area contributed by atoms with Crippen molar-refractivity contribution in [3.05, 3.63) is 30.1 Å². The average Bonchev–Trinajstić information content (AvgIpc) is 3.08. The Labute approximate surface area is 150 Å². The number of hydrogen-bond acceptors (Lipinski definition) is 4. The molecule has 3 saturated heterocycles. The average molecular weight is 343 g/mol. The maximum absolute atomic E-state index is 12.8. The Bertz CT molecular complexity index is 622. The lowest BCUT2D eigenvalue weighted by Gasteiger charge is -2.48. The number of aromatic nitrogens is 1. The highest BCUT2D eigenvalue weighted by molar-refractivity contribution is 5.70. The van der Waals surface area contributed by atoms with E-state index in [1.54, 1.807) is 0 Å². The van der Waals surface area contributed by atoms with Crippen LogP contribution in [0.3, 0.4) is 0 Å². The number of carbonyl (C=O) groups is 1. The Hall–Kier alpha value is -1.62. The van der Waals surface area contributed by atoms with Gasteiger partial charge in [0.2, 0.25) is 0 Å². The van der Waals surface area contributed by atoms with Gasteiger partial charge in [-0.3, -0.25) is 14.8 Å². The molecule has 1 amide bonds. The zero-order valence-corrected chi connectivity index (χ0v) is 15.7. The van der Waals surface area contributed by atoms with Crippen LogP contribution in [0.5, 0.6) is 0 Å². The number of amides is 1.